The van der Waals surface area contributed by atoms with Gasteiger partial charge in [-0.3, -0.25) is 14.7 Å². The van der Waals surface area contributed by atoms with Crippen LogP contribution in [0, 0.1) is 0 Å². The summed E-state index contributed by atoms with van der Waals surface area (Å²) in [5.41, 5.74) is 1.07. The van der Waals surface area contributed by atoms with Gasteiger partial charge < -0.3 is 10.1 Å². The van der Waals surface area contributed by atoms with Gasteiger partial charge in [0.1, 0.15) is 0 Å². The predicted molar refractivity (Wildman–Crippen MR) is 63.3 cm³/mol. The third-order valence-corrected chi connectivity index (χ3v) is 2.71. The molecule has 1 saturated heterocycles. The molecule has 1 amide bonds. The van der Waals surface area contributed by atoms with Crippen molar-refractivity contribution in [2.75, 3.05) is 32.8 Å². The number of rotatable bonds is 4. The SMILES string of the molecule is O=C(CN1CCOCC1)NCc1ccncc1. The van der Waals surface area contributed by atoms with Crippen LogP contribution in [-0.2, 0) is 16.1 Å². The molecule has 5 nitrogen and oxygen atoms in total. The van der Waals surface area contributed by atoms with Gasteiger partial charge >= 0.3 is 0 Å². The van der Waals surface area contributed by atoms with E-state index >= 15 is 0 Å². The van der Waals surface area contributed by atoms with Crippen LogP contribution in [0.2, 0.25) is 0 Å². The maximum Gasteiger partial charge on any atom is 0.234 e. The van der Waals surface area contributed by atoms with E-state index < -0.39 is 0 Å². The lowest BCUT2D eigenvalue weighted by atomic mass is 10.3. The number of hydrogen-bond acceptors (Lipinski definition) is 4. The first-order chi connectivity index (χ1) is 8.34. The highest BCUT2D eigenvalue weighted by molar-refractivity contribution is 5.78. The van der Waals surface area contributed by atoms with Crippen molar-refractivity contribution in [3.05, 3.63) is 30.1 Å². The van der Waals surface area contributed by atoms with Crippen LogP contribution >= 0.6 is 0 Å². The monoisotopic (exact) mass is 235 g/mol. The lowest BCUT2D eigenvalue weighted by Gasteiger charge is -2.25. The molecule has 17 heavy (non-hydrogen) atoms. The molecular weight excluding hydrogens is 218 g/mol. The average molecular weight is 235 g/mol. The number of amides is 1. The number of hydrogen-bond donors (Lipinski definition) is 1. The number of carbonyl (C=O) groups excluding carboxylic acids is 1. The highest BCUT2D eigenvalue weighted by atomic mass is 16.5. The summed E-state index contributed by atoms with van der Waals surface area (Å²) >= 11 is 0. The molecule has 0 radical (unpaired) electrons. The summed E-state index contributed by atoms with van der Waals surface area (Å²) in [6.07, 6.45) is 3.45. The van der Waals surface area contributed by atoms with Gasteiger partial charge in [0.05, 0.1) is 19.8 Å². The molecule has 1 N–H and O–H groups in total. The molecule has 1 fully saturated rings. The number of pyridine rings is 1. The molecule has 0 atom stereocenters. The van der Waals surface area contributed by atoms with Crippen LogP contribution in [0.5, 0.6) is 0 Å². The number of ether oxygens (including phenoxy) is 1. The van der Waals surface area contributed by atoms with Gasteiger partial charge in [-0.15, -0.1) is 0 Å². The van der Waals surface area contributed by atoms with Gasteiger partial charge in [0.15, 0.2) is 0 Å². The van der Waals surface area contributed by atoms with Crippen LogP contribution in [0.3, 0.4) is 0 Å². The number of morpholine rings is 1. The largest absolute Gasteiger partial charge is 0.379 e. The highest BCUT2D eigenvalue weighted by Crippen LogP contribution is 1.97. The van der Waals surface area contributed by atoms with Crippen molar-refractivity contribution in [2.24, 2.45) is 0 Å². The van der Waals surface area contributed by atoms with Gasteiger partial charge in [0, 0.05) is 32.0 Å². The molecule has 92 valence electrons. The molecule has 1 aliphatic heterocycles. The van der Waals surface area contributed by atoms with Crippen LogP contribution < -0.4 is 5.32 Å². The van der Waals surface area contributed by atoms with Crippen molar-refractivity contribution in [1.82, 2.24) is 15.2 Å². The van der Waals surface area contributed by atoms with E-state index in [1.54, 1.807) is 12.4 Å². The van der Waals surface area contributed by atoms with E-state index in [0.717, 1.165) is 31.9 Å². The molecule has 5 heteroatoms. The Bertz CT molecular complexity index is 350. The fraction of sp³-hybridized carbons (Fsp3) is 0.500. The van der Waals surface area contributed by atoms with E-state index in [9.17, 15) is 4.79 Å². The zero-order valence-corrected chi connectivity index (χ0v) is 9.76. The van der Waals surface area contributed by atoms with Gasteiger partial charge in [0.2, 0.25) is 5.91 Å². The number of nitrogens with zero attached hydrogens (tertiary/aromatic N) is 2. The number of carbonyl (C=O) groups is 1. The summed E-state index contributed by atoms with van der Waals surface area (Å²) in [5, 5.41) is 2.90. The molecular formula is C12H17N3O2. The molecule has 0 spiro atoms. The Kier molecular flexibility index (Phi) is 4.46. The average Bonchev–Trinajstić information content (AvgIpc) is 2.39. The summed E-state index contributed by atoms with van der Waals surface area (Å²) in [6, 6.07) is 3.80. The Labute approximate surface area is 101 Å². The van der Waals surface area contributed by atoms with Crippen molar-refractivity contribution in [3.8, 4) is 0 Å². The molecule has 1 aromatic heterocycles. The molecule has 0 unspecified atom stereocenters. The first-order valence-electron chi connectivity index (χ1n) is 5.80. The van der Waals surface area contributed by atoms with Crippen molar-refractivity contribution in [3.63, 3.8) is 0 Å². The lowest BCUT2D eigenvalue weighted by molar-refractivity contribution is -0.123. The van der Waals surface area contributed by atoms with Crippen molar-refractivity contribution in [2.45, 2.75) is 6.54 Å². The van der Waals surface area contributed by atoms with Crippen LogP contribution in [-0.4, -0.2) is 48.6 Å². The van der Waals surface area contributed by atoms with Gasteiger partial charge in [-0.05, 0) is 17.7 Å². The standard InChI is InChI=1S/C12H17N3O2/c16-12(10-15-5-7-17-8-6-15)14-9-11-1-3-13-4-2-11/h1-4H,5-10H2,(H,14,16). The lowest BCUT2D eigenvalue weighted by Crippen LogP contribution is -2.43. The molecule has 2 rings (SSSR count). The number of nitrogens with one attached hydrogen (secondary N) is 1. The third kappa shape index (κ3) is 4.13. The minimum Gasteiger partial charge on any atom is -0.379 e. The van der Waals surface area contributed by atoms with Crippen LogP contribution in [0.15, 0.2) is 24.5 Å². The van der Waals surface area contributed by atoms with Gasteiger partial charge in [-0.25, -0.2) is 0 Å². The summed E-state index contributed by atoms with van der Waals surface area (Å²) in [7, 11) is 0. The molecule has 1 aliphatic rings. The topological polar surface area (TPSA) is 54.5 Å². The first kappa shape index (κ1) is 12.0. The maximum absolute atomic E-state index is 11.7. The Morgan fingerprint density at radius 3 is 2.76 bits per heavy atom. The molecule has 0 aromatic carbocycles. The molecule has 0 saturated carbocycles. The predicted octanol–water partition coefficient (Wildman–Crippen LogP) is 0.0300. The van der Waals surface area contributed by atoms with E-state index in [4.69, 9.17) is 4.74 Å². The molecule has 0 aliphatic carbocycles. The van der Waals surface area contributed by atoms with Crippen molar-refractivity contribution < 1.29 is 9.53 Å². The number of aromatic nitrogens is 1. The maximum atomic E-state index is 11.7. The van der Waals surface area contributed by atoms with Crippen LogP contribution in [0.25, 0.3) is 0 Å². The second kappa shape index (κ2) is 6.32. The second-order valence-electron chi connectivity index (χ2n) is 4.02. The zero-order valence-electron chi connectivity index (χ0n) is 9.76. The summed E-state index contributed by atoms with van der Waals surface area (Å²) < 4.78 is 5.23. The Morgan fingerprint density at radius 2 is 2.06 bits per heavy atom. The minimum atomic E-state index is 0.0590. The first-order valence-corrected chi connectivity index (χ1v) is 5.80. The van der Waals surface area contributed by atoms with Gasteiger partial charge in [0.25, 0.3) is 0 Å². The van der Waals surface area contributed by atoms with E-state index in [1.807, 2.05) is 12.1 Å². The van der Waals surface area contributed by atoms with Gasteiger partial charge in [-0.2, -0.15) is 0 Å². The smallest absolute Gasteiger partial charge is 0.234 e. The quantitative estimate of drug-likeness (QED) is 0.800. The minimum absolute atomic E-state index is 0.0590. The van der Waals surface area contributed by atoms with Gasteiger partial charge in [-0.1, -0.05) is 0 Å². The molecule has 1 aromatic rings. The van der Waals surface area contributed by atoms with E-state index in [1.165, 1.54) is 0 Å². The van der Waals surface area contributed by atoms with Crippen molar-refractivity contribution >= 4 is 5.91 Å². The fourth-order valence-corrected chi connectivity index (χ4v) is 1.72. The van der Waals surface area contributed by atoms with E-state index in [-0.39, 0.29) is 5.91 Å². The van der Waals surface area contributed by atoms with Crippen LogP contribution in [0.4, 0.5) is 0 Å². The Hall–Kier alpha value is -1.46. The third-order valence-electron chi connectivity index (χ3n) is 2.71. The Balaban J connectivity index is 1.70. The van der Waals surface area contributed by atoms with Crippen molar-refractivity contribution in [1.29, 1.82) is 0 Å². The zero-order chi connectivity index (χ0) is 11.9. The highest BCUT2D eigenvalue weighted by Gasteiger charge is 2.13. The fourth-order valence-electron chi connectivity index (χ4n) is 1.72. The molecule has 2 heterocycles. The van der Waals surface area contributed by atoms with E-state index in [0.29, 0.717) is 13.1 Å². The summed E-state index contributed by atoms with van der Waals surface area (Å²) in [4.78, 5) is 17.7. The van der Waals surface area contributed by atoms with E-state index in [2.05, 4.69) is 15.2 Å². The van der Waals surface area contributed by atoms with Crippen LogP contribution in [0.1, 0.15) is 5.56 Å². The second-order valence-corrected chi connectivity index (χ2v) is 4.02. The normalized spacial score (nSPS) is 16.7. The summed E-state index contributed by atoms with van der Waals surface area (Å²) in [6.45, 7) is 4.13. The molecule has 0 bridgehead atoms. The summed E-state index contributed by atoms with van der Waals surface area (Å²) in [5.74, 6) is 0.0590. The Morgan fingerprint density at radius 1 is 1.35 bits per heavy atom.